The van der Waals surface area contributed by atoms with Crippen LogP contribution in [0.3, 0.4) is 0 Å². The van der Waals surface area contributed by atoms with Crippen LogP contribution in [0.4, 0.5) is 0 Å². The van der Waals surface area contributed by atoms with Gasteiger partial charge in [0.15, 0.2) is 17.1 Å². The van der Waals surface area contributed by atoms with E-state index in [9.17, 15) is 19.2 Å². The zero-order chi connectivity index (χ0) is 24.4. The fourth-order valence-corrected chi connectivity index (χ4v) is 3.64. The summed E-state index contributed by atoms with van der Waals surface area (Å²) >= 11 is 0. The maximum Gasteiger partial charge on any atom is 0.329 e. The number of rotatable bonds is 5. The van der Waals surface area contributed by atoms with Gasteiger partial charge >= 0.3 is 5.69 Å². The molecule has 0 saturated carbocycles. The van der Waals surface area contributed by atoms with Gasteiger partial charge in [0.05, 0.1) is 10.9 Å². The smallest absolute Gasteiger partial charge is 0.329 e. The molecule has 4 rings (SSSR count). The highest BCUT2D eigenvalue weighted by molar-refractivity contribution is 6.06. The number of aromatic amines is 1. The van der Waals surface area contributed by atoms with Gasteiger partial charge in [-0.25, -0.2) is 9.78 Å². The van der Waals surface area contributed by atoms with Gasteiger partial charge in [-0.3, -0.25) is 34.8 Å². The quantitative estimate of drug-likeness (QED) is 0.482. The van der Waals surface area contributed by atoms with Crippen LogP contribution in [0.2, 0.25) is 0 Å². The molecule has 3 heterocycles. The SMILES string of the molecule is CCCn1c(=O)[nH]c(=O)c2c(C(=O)NNC(=O)c3ccc4c(c3)OCCO4)cc(C(C)C)nc21. The molecular formula is C23H25N5O6. The predicted molar refractivity (Wildman–Crippen MR) is 123 cm³/mol. The molecule has 0 saturated heterocycles. The molecule has 1 aliphatic heterocycles. The lowest BCUT2D eigenvalue weighted by Crippen LogP contribution is -2.42. The van der Waals surface area contributed by atoms with Crippen molar-refractivity contribution in [3.63, 3.8) is 0 Å². The third-order valence-corrected chi connectivity index (χ3v) is 5.35. The Hall–Kier alpha value is -4.15. The molecule has 0 bridgehead atoms. The van der Waals surface area contributed by atoms with Crippen LogP contribution in [0.1, 0.15) is 59.5 Å². The second-order valence-corrected chi connectivity index (χ2v) is 8.13. The number of aromatic nitrogens is 3. The van der Waals surface area contributed by atoms with Crippen molar-refractivity contribution >= 4 is 22.8 Å². The van der Waals surface area contributed by atoms with Crippen molar-refractivity contribution in [2.45, 2.75) is 39.7 Å². The summed E-state index contributed by atoms with van der Waals surface area (Å²) in [4.78, 5) is 57.4. The van der Waals surface area contributed by atoms with E-state index < -0.39 is 23.1 Å². The van der Waals surface area contributed by atoms with Gasteiger partial charge in [0, 0.05) is 17.8 Å². The molecule has 2 aromatic heterocycles. The van der Waals surface area contributed by atoms with Crippen molar-refractivity contribution in [2.75, 3.05) is 13.2 Å². The van der Waals surface area contributed by atoms with E-state index in [-0.39, 0.29) is 28.1 Å². The van der Waals surface area contributed by atoms with Crippen LogP contribution in [-0.2, 0) is 6.54 Å². The van der Waals surface area contributed by atoms with Gasteiger partial charge in [-0.2, -0.15) is 0 Å². The third-order valence-electron chi connectivity index (χ3n) is 5.35. The first-order valence-electron chi connectivity index (χ1n) is 11.0. The number of nitrogens with zero attached hydrogens (tertiary/aromatic N) is 2. The molecular weight excluding hydrogens is 442 g/mol. The predicted octanol–water partition coefficient (Wildman–Crippen LogP) is 1.46. The Morgan fingerprint density at radius 1 is 1.09 bits per heavy atom. The number of pyridine rings is 1. The number of amides is 2. The largest absolute Gasteiger partial charge is 0.486 e. The summed E-state index contributed by atoms with van der Waals surface area (Å²) in [6, 6.07) is 6.17. The van der Waals surface area contributed by atoms with E-state index in [1.165, 1.54) is 16.7 Å². The number of hydrazine groups is 1. The Morgan fingerprint density at radius 2 is 1.79 bits per heavy atom. The average molecular weight is 467 g/mol. The van der Waals surface area contributed by atoms with Gasteiger partial charge in [0.25, 0.3) is 17.4 Å². The molecule has 34 heavy (non-hydrogen) atoms. The Morgan fingerprint density at radius 3 is 2.50 bits per heavy atom. The number of carbonyl (C=O) groups excluding carboxylic acids is 2. The van der Waals surface area contributed by atoms with Gasteiger partial charge < -0.3 is 9.47 Å². The number of hydrogen-bond donors (Lipinski definition) is 3. The number of benzene rings is 1. The van der Waals surface area contributed by atoms with Crippen LogP contribution in [0.5, 0.6) is 11.5 Å². The summed E-state index contributed by atoms with van der Waals surface area (Å²) in [7, 11) is 0. The van der Waals surface area contributed by atoms with Crippen molar-refractivity contribution in [3.8, 4) is 11.5 Å². The fourth-order valence-electron chi connectivity index (χ4n) is 3.64. The van der Waals surface area contributed by atoms with Crippen molar-refractivity contribution in [2.24, 2.45) is 0 Å². The number of nitrogens with one attached hydrogen (secondary N) is 3. The lowest BCUT2D eigenvalue weighted by molar-refractivity contribution is 0.0847. The summed E-state index contributed by atoms with van der Waals surface area (Å²) in [5.74, 6) is -0.398. The minimum Gasteiger partial charge on any atom is -0.486 e. The second-order valence-electron chi connectivity index (χ2n) is 8.13. The van der Waals surface area contributed by atoms with Crippen LogP contribution in [0, 0.1) is 0 Å². The average Bonchev–Trinajstić information content (AvgIpc) is 2.83. The molecule has 178 valence electrons. The molecule has 11 heteroatoms. The van der Waals surface area contributed by atoms with E-state index in [1.807, 2.05) is 20.8 Å². The van der Waals surface area contributed by atoms with Crippen LogP contribution in [0.15, 0.2) is 33.9 Å². The summed E-state index contributed by atoms with van der Waals surface area (Å²) in [5.41, 5.74) is 4.30. The van der Waals surface area contributed by atoms with E-state index >= 15 is 0 Å². The number of H-pyrrole nitrogens is 1. The maximum atomic E-state index is 13.1. The number of aryl methyl sites for hydroxylation is 1. The summed E-state index contributed by atoms with van der Waals surface area (Å²) in [6.45, 7) is 6.78. The zero-order valence-electron chi connectivity index (χ0n) is 19.1. The fraction of sp³-hybridized carbons (Fsp3) is 0.348. The molecule has 1 aliphatic rings. The van der Waals surface area contributed by atoms with Crippen molar-refractivity contribution in [3.05, 3.63) is 61.9 Å². The van der Waals surface area contributed by atoms with Crippen molar-refractivity contribution < 1.29 is 19.1 Å². The Kier molecular flexibility index (Phi) is 6.35. The molecule has 2 amide bonds. The van der Waals surface area contributed by atoms with E-state index in [2.05, 4.69) is 20.8 Å². The van der Waals surface area contributed by atoms with Crippen LogP contribution in [0.25, 0.3) is 11.0 Å². The summed E-state index contributed by atoms with van der Waals surface area (Å²) < 4.78 is 12.3. The van der Waals surface area contributed by atoms with E-state index in [1.54, 1.807) is 12.1 Å². The number of carbonyl (C=O) groups is 2. The van der Waals surface area contributed by atoms with E-state index in [0.29, 0.717) is 43.4 Å². The Bertz CT molecular complexity index is 1390. The topological polar surface area (TPSA) is 144 Å². The van der Waals surface area contributed by atoms with Crippen LogP contribution >= 0.6 is 0 Å². The van der Waals surface area contributed by atoms with Gasteiger partial charge in [-0.15, -0.1) is 0 Å². The van der Waals surface area contributed by atoms with Gasteiger partial charge in [0.1, 0.15) is 13.2 Å². The van der Waals surface area contributed by atoms with Crippen LogP contribution in [-0.4, -0.2) is 39.6 Å². The highest BCUT2D eigenvalue weighted by Gasteiger charge is 2.21. The van der Waals surface area contributed by atoms with Crippen molar-refractivity contribution in [1.82, 2.24) is 25.4 Å². The maximum absolute atomic E-state index is 13.1. The summed E-state index contributed by atoms with van der Waals surface area (Å²) in [5, 5.41) is -0.0245. The van der Waals surface area contributed by atoms with Gasteiger partial charge in [-0.1, -0.05) is 20.8 Å². The lowest BCUT2D eigenvalue weighted by atomic mass is 10.0. The second kappa shape index (κ2) is 9.38. The minimum atomic E-state index is -0.724. The minimum absolute atomic E-state index is 0.00211. The number of hydrogen-bond acceptors (Lipinski definition) is 7. The Balaban J connectivity index is 1.67. The number of fused-ring (bicyclic) bond motifs is 2. The van der Waals surface area contributed by atoms with E-state index in [4.69, 9.17) is 9.47 Å². The molecule has 0 atom stereocenters. The molecule has 0 spiro atoms. The molecule has 1 aromatic carbocycles. The first kappa shape index (κ1) is 23.0. The first-order chi connectivity index (χ1) is 16.3. The zero-order valence-corrected chi connectivity index (χ0v) is 19.1. The van der Waals surface area contributed by atoms with Gasteiger partial charge in [-0.05, 0) is 36.6 Å². The molecule has 0 unspecified atom stereocenters. The molecule has 11 nitrogen and oxygen atoms in total. The highest BCUT2D eigenvalue weighted by Crippen LogP contribution is 2.30. The molecule has 0 radical (unpaired) electrons. The molecule has 3 aromatic rings. The van der Waals surface area contributed by atoms with Crippen LogP contribution < -0.4 is 31.6 Å². The molecule has 3 N–H and O–H groups in total. The monoisotopic (exact) mass is 467 g/mol. The number of ether oxygens (including phenoxy) is 2. The highest BCUT2D eigenvalue weighted by atomic mass is 16.6. The molecule has 0 fully saturated rings. The lowest BCUT2D eigenvalue weighted by Gasteiger charge is -2.18. The standard InChI is InChI=1S/C23H25N5O6/c1-4-7-28-19-18(22(31)25-23(28)32)14(11-15(24-19)12(2)3)21(30)27-26-20(29)13-5-6-16-17(10-13)34-9-8-33-16/h5-6,10-12H,4,7-9H2,1-3H3,(H,26,29)(H,27,30)(H,25,31,32). The molecule has 0 aliphatic carbocycles. The normalized spacial score (nSPS) is 12.6. The Labute approximate surface area is 194 Å². The summed E-state index contributed by atoms with van der Waals surface area (Å²) in [6.07, 6.45) is 0.627. The third kappa shape index (κ3) is 4.36. The van der Waals surface area contributed by atoms with Crippen molar-refractivity contribution in [1.29, 1.82) is 0 Å². The first-order valence-corrected chi connectivity index (χ1v) is 11.0. The van der Waals surface area contributed by atoms with E-state index in [0.717, 1.165) is 0 Å². The van der Waals surface area contributed by atoms with Gasteiger partial charge in [0.2, 0.25) is 0 Å².